The minimum Gasteiger partial charge on any atom is -0.507 e. The van der Waals surface area contributed by atoms with Gasteiger partial charge in [0.25, 0.3) is 0 Å². The van der Waals surface area contributed by atoms with E-state index < -0.39 is 9.84 Å². The van der Waals surface area contributed by atoms with Crippen molar-refractivity contribution in [2.24, 2.45) is 5.41 Å². The van der Waals surface area contributed by atoms with Crippen LogP contribution in [0.25, 0.3) is 0 Å². The van der Waals surface area contributed by atoms with Crippen LogP contribution in [0.5, 0.6) is 5.75 Å². The molecule has 3 nitrogen and oxygen atoms in total. The summed E-state index contributed by atoms with van der Waals surface area (Å²) in [4.78, 5) is 1.00. The van der Waals surface area contributed by atoms with Crippen LogP contribution < -0.4 is 0 Å². The molecule has 0 amide bonds. The van der Waals surface area contributed by atoms with Crippen molar-refractivity contribution in [1.29, 1.82) is 0 Å². The molecule has 2 aromatic rings. The zero-order chi connectivity index (χ0) is 18.2. The van der Waals surface area contributed by atoms with Gasteiger partial charge in [0.15, 0.2) is 9.84 Å². The first-order valence-corrected chi connectivity index (χ1v) is 11.4. The first-order chi connectivity index (χ1) is 11.8. The molecule has 0 aromatic heterocycles. The van der Waals surface area contributed by atoms with E-state index in [0.29, 0.717) is 0 Å². The maximum Gasteiger partial charge on any atom is 0.179 e. The molecule has 0 spiro atoms. The van der Waals surface area contributed by atoms with E-state index in [4.69, 9.17) is 0 Å². The van der Waals surface area contributed by atoms with Gasteiger partial charge < -0.3 is 5.11 Å². The smallest absolute Gasteiger partial charge is 0.179 e. The molecule has 1 aliphatic heterocycles. The molecule has 1 N–H and O–H groups in total. The Hall–Kier alpha value is -1.46. The van der Waals surface area contributed by atoms with Crippen LogP contribution in [0.15, 0.2) is 52.3 Å². The Labute approximate surface area is 154 Å². The fourth-order valence-corrected chi connectivity index (χ4v) is 6.46. The third-order valence-electron chi connectivity index (χ3n) is 5.31. The minimum atomic E-state index is -3.46. The van der Waals surface area contributed by atoms with Gasteiger partial charge in [-0.2, -0.15) is 0 Å². The molecule has 2 unspecified atom stereocenters. The van der Waals surface area contributed by atoms with E-state index in [9.17, 15) is 13.5 Å². The number of aromatic hydroxyl groups is 1. The van der Waals surface area contributed by atoms with Crippen molar-refractivity contribution in [2.45, 2.75) is 42.4 Å². The number of thioether (sulfide) groups is 1. The highest BCUT2D eigenvalue weighted by atomic mass is 32.2. The summed E-state index contributed by atoms with van der Waals surface area (Å²) in [6.07, 6.45) is 3.46. The number of phenolic OH excluding ortho intramolecular Hbond substituents is 1. The molecule has 25 heavy (non-hydrogen) atoms. The summed E-state index contributed by atoms with van der Waals surface area (Å²) < 4.78 is 26.2. The van der Waals surface area contributed by atoms with E-state index in [-0.39, 0.29) is 27.7 Å². The maximum atomic E-state index is 13.1. The summed E-state index contributed by atoms with van der Waals surface area (Å²) >= 11 is 1.43. The third kappa shape index (κ3) is 3.44. The SMILES string of the molecule is CCC1(C)CC(c2ccccc2)c2cc(SC)c(O)cc2S(=O)(=O)C1. The number of phenols is 1. The molecule has 0 aliphatic carbocycles. The average molecular weight is 377 g/mol. The van der Waals surface area contributed by atoms with Gasteiger partial charge in [0.2, 0.25) is 0 Å². The maximum absolute atomic E-state index is 13.1. The van der Waals surface area contributed by atoms with Crippen LogP contribution >= 0.6 is 11.8 Å². The van der Waals surface area contributed by atoms with E-state index in [1.807, 2.05) is 30.5 Å². The van der Waals surface area contributed by atoms with Gasteiger partial charge >= 0.3 is 0 Å². The zero-order valence-corrected chi connectivity index (χ0v) is 16.5. The second kappa shape index (κ2) is 6.69. The van der Waals surface area contributed by atoms with Crippen LogP contribution in [0.2, 0.25) is 0 Å². The van der Waals surface area contributed by atoms with Crippen molar-refractivity contribution in [3.8, 4) is 5.75 Å². The van der Waals surface area contributed by atoms with E-state index in [2.05, 4.69) is 26.0 Å². The molecule has 0 bridgehead atoms. The highest BCUT2D eigenvalue weighted by Gasteiger charge is 2.40. The quantitative estimate of drug-likeness (QED) is 0.779. The molecule has 3 rings (SSSR count). The average Bonchev–Trinajstić information content (AvgIpc) is 2.68. The van der Waals surface area contributed by atoms with Crippen molar-refractivity contribution >= 4 is 21.6 Å². The molecule has 0 saturated heterocycles. The van der Waals surface area contributed by atoms with E-state index in [1.54, 1.807) is 0 Å². The highest BCUT2D eigenvalue weighted by Crippen LogP contribution is 2.48. The Balaban J connectivity index is 2.30. The Bertz CT molecular complexity index is 875. The Kier molecular flexibility index (Phi) is 4.91. The number of hydrogen-bond acceptors (Lipinski definition) is 4. The Morgan fingerprint density at radius 2 is 1.92 bits per heavy atom. The molecule has 0 radical (unpaired) electrons. The Morgan fingerprint density at radius 1 is 1.24 bits per heavy atom. The fourth-order valence-electron chi connectivity index (χ4n) is 3.70. The van der Waals surface area contributed by atoms with E-state index >= 15 is 0 Å². The van der Waals surface area contributed by atoms with Gasteiger partial charge in [0.1, 0.15) is 5.75 Å². The summed E-state index contributed by atoms with van der Waals surface area (Å²) in [5.41, 5.74) is 1.64. The molecule has 0 saturated carbocycles. The molecule has 2 aromatic carbocycles. The molecule has 1 heterocycles. The summed E-state index contributed by atoms with van der Waals surface area (Å²) in [5, 5.41) is 10.2. The van der Waals surface area contributed by atoms with Crippen molar-refractivity contribution < 1.29 is 13.5 Å². The predicted molar refractivity (Wildman–Crippen MR) is 103 cm³/mol. The van der Waals surface area contributed by atoms with Gasteiger partial charge in [0.05, 0.1) is 10.6 Å². The number of fused-ring (bicyclic) bond motifs is 1. The molecule has 1 aliphatic rings. The first-order valence-electron chi connectivity index (χ1n) is 8.48. The third-order valence-corrected chi connectivity index (χ3v) is 8.18. The monoisotopic (exact) mass is 376 g/mol. The number of benzene rings is 2. The topological polar surface area (TPSA) is 54.4 Å². The van der Waals surface area contributed by atoms with Crippen molar-refractivity contribution in [3.05, 3.63) is 53.6 Å². The van der Waals surface area contributed by atoms with Crippen LogP contribution in [0.1, 0.15) is 43.7 Å². The van der Waals surface area contributed by atoms with Crippen LogP contribution in [0, 0.1) is 5.41 Å². The van der Waals surface area contributed by atoms with Crippen LogP contribution in [0.4, 0.5) is 0 Å². The molecular weight excluding hydrogens is 352 g/mol. The second-order valence-corrected chi connectivity index (χ2v) is 9.96. The lowest BCUT2D eigenvalue weighted by Crippen LogP contribution is -2.26. The Morgan fingerprint density at radius 3 is 2.52 bits per heavy atom. The molecule has 134 valence electrons. The number of sulfone groups is 1. The zero-order valence-electron chi connectivity index (χ0n) is 14.8. The number of rotatable bonds is 3. The van der Waals surface area contributed by atoms with Gasteiger partial charge in [-0.3, -0.25) is 0 Å². The van der Waals surface area contributed by atoms with E-state index in [0.717, 1.165) is 28.9 Å². The summed E-state index contributed by atoms with van der Waals surface area (Å²) in [7, 11) is -3.46. The van der Waals surface area contributed by atoms with Crippen molar-refractivity contribution in [2.75, 3.05) is 12.0 Å². The van der Waals surface area contributed by atoms with Gasteiger partial charge in [-0.15, -0.1) is 11.8 Å². The highest BCUT2D eigenvalue weighted by molar-refractivity contribution is 7.98. The molecule has 5 heteroatoms. The van der Waals surface area contributed by atoms with Crippen LogP contribution in [-0.4, -0.2) is 25.5 Å². The molecular formula is C20H24O3S2. The lowest BCUT2D eigenvalue weighted by molar-refractivity contribution is 0.312. The summed E-state index contributed by atoms with van der Waals surface area (Å²) in [6, 6.07) is 13.4. The van der Waals surface area contributed by atoms with Gasteiger partial charge in [-0.1, -0.05) is 44.2 Å². The molecule has 2 atom stereocenters. The molecule has 0 fully saturated rings. The van der Waals surface area contributed by atoms with Crippen LogP contribution in [0.3, 0.4) is 0 Å². The summed E-state index contributed by atoms with van der Waals surface area (Å²) in [6.45, 7) is 4.11. The van der Waals surface area contributed by atoms with E-state index in [1.165, 1.54) is 17.8 Å². The van der Waals surface area contributed by atoms with Crippen molar-refractivity contribution in [1.82, 2.24) is 0 Å². The minimum absolute atomic E-state index is 0.00456. The first kappa shape index (κ1) is 18.3. The van der Waals surface area contributed by atoms with Gasteiger partial charge in [-0.05, 0) is 47.8 Å². The standard InChI is InChI=1S/C20H24O3S2/c1-4-20(2)12-16(14-8-6-5-7-9-14)15-10-18(24-3)17(21)11-19(15)25(22,23)13-20/h5-11,16,21H,4,12-13H2,1-3H3. The van der Waals surface area contributed by atoms with Crippen LogP contribution in [-0.2, 0) is 9.84 Å². The normalized spacial score (nSPS) is 25.2. The lowest BCUT2D eigenvalue weighted by atomic mass is 9.75. The largest absolute Gasteiger partial charge is 0.507 e. The van der Waals surface area contributed by atoms with Gasteiger partial charge in [-0.25, -0.2) is 8.42 Å². The van der Waals surface area contributed by atoms with Crippen molar-refractivity contribution in [3.63, 3.8) is 0 Å². The lowest BCUT2D eigenvalue weighted by Gasteiger charge is -2.29. The predicted octanol–water partition coefficient (Wildman–Crippen LogP) is 4.84. The van der Waals surface area contributed by atoms with Gasteiger partial charge in [0, 0.05) is 10.8 Å². The summed E-state index contributed by atoms with van der Waals surface area (Å²) in [5.74, 6) is 0.164. The fraction of sp³-hybridized carbons (Fsp3) is 0.400. The second-order valence-electron chi connectivity index (χ2n) is 7.15. The number of hydrogen-bond donors (Lipinski definition) is 1.